The van der Waals surface area contributed by atoms with Gasteiger partial charge in [0, 0.05) is 16.5 Å². The number of para-hydroxylation sites is 1. The standard InChI is InChI=1S/C20H22N2O3/c1-12-8-9-13-6-5-7-14(15(13)21-12)22-16(23)20-11-10-19(4,17(24)25-20)18(20,2)3/h5-9H,10-11H2,1-4H3,(H,22,23)/t19-,20-/m0/s1. The lowest BCUT2D eigenvalue weighted by atomic mass is 9.66. The Balaban J connectivity index is 1.75. The Morgan fingerprint density at radius 1 is 1.16 bits per heavy atom. The summed E-state index contributed by atoms with van der Waals surface area (Å²) in [6.45, 7) is 7.73. The highest BCUT2D eigenvalue weighted by molar-refractivity contribution is 6.07. The number of fused-ring (bicyclic) bond motifs is 3. The Morgan fingerprint density at radius 2 is 1.92 bits per heavy atom. The highest BCUT2D eigenvalue weighted by Gasteiger charge is 2.75. The molecule has 1 aliphatic heterocycles. The zero-order chi connectivity index (χ0) is 18.0. The largest absolute Gasteiger partial charge is 0.448 e. The van der Waals surface area contributed by atoms with Crippen LogP contribution in [0.15, 0.2) is 30.3 Å². The molecule has 2 bridgehead atoms. The molecule has 1 aromatic carbocycles. The van der Waals surface area contributed by atoms with E-state index in [-0.39, 0.29) is 11.9 Å². The van der Waals surface area contributed by atoms with Crippen LogP contribution in [0.5, 0.6) is 0 Å². The molecule has 1 amide bonds. The van der Waals surface area contributed by atoms with Crippen molar-refractivity contribution in [2.45, 2.75) is 46.1 Å². The summed E-state index contributed by atoms with van der Waals surface area (Å²) in [6.07, 6.45) is 1.21. The van der Waals surface area contributed by atoms with Crippen LogP contribution in [0.2, 0.25) is 0 Å². The fourth-order valence-corrected chi connectivity index (χ4v) is 4.32. The Labute approximate surface area is 146 Å². The van der Waals surface area contributed by atoms with Gasteiger partial charge in [0.25, 0.3) is 5.91 Å². The molecule has 2 aliphatic rings. The summed E-state index contributed by atoms with van der Waals surface area (Å²) in [7, 11) is 0. The predicted octanol–water partition coefficient (Wildman–Crippen LogP) is 3.60. The maximum atomic E-state index is 13.2. The lowest BCUT2D eigenvalue weighted by Gasteiger charge is -2.35. The van der Waals surface area contributed by atoms with Crippen LogP contribution in [0.1, 0.15) is 39.3 Å². The van der Waals surface area contributed by atoms with Crippen molar-refractivity contribution in [2.24, 2.45) is 10.8 Å². The maximum Gasteiger partial charge on any atom is 0.313 e. The monoisotopic (exact) mass is 338 g/mol. The SMILES string of the molecule is Cc1ccc2cccc(NC(=O)[C@]34CC[C@@](C)(C(=O)O3)C4(C)C)c2n1. The zero-order valence-corrected chi connectivity index (χ0v) is 15.0. The van der Waals surface area contributed by atoms with E-state index in [4.69, 9.17) is 4.74 Å². The van der Waals surface area contributed by atoms with Gasteiger partial charge in [-0.3, -0.25) is 14.6 Å². The average Bonchev–Trinajstić information content (AvgIpc) is 2.86. The predicted molar refractivity (Wildman–Crippen MR) is 95.1 cm³/mol. The molecular weight excluding hydrogens is 316 g/mol. The van der Waals surface area contributed by atoms with E-state index in [0.717, 1.165) is 16.6 Å². The highest BCUT2D eigenvalue weighted by atomic mass is 16.6. The molecule has 25 heavy (non-hydrogen) atoms. The van der Waals surface area contributed by atoms with E-state index in [1.165, 1.54) is 0 Å². The van der Waals surface area contributed by atoms with Crippen LogP contribution in [-0.2, 0) is 14.3 Å². The first kappa shape index (κ1) is 16.1. The minimum absolute atomic E-state index is 0.261. The van der Waals surface area contributed by atoms with Gasteiger partial charge in [-0.25, -0.2) is 0 Å². The maximum absolute atomic E-state index is 13.2. The van der Waals surface area contributed by atoms with Gasteiger partial charge in [-0.1, -0.05) is 32.0 Å². The summed E-state index contributed by atoms with van der Waals surface area (Å²) >= 11 is 0. The number of carbonyl (C=O) groups excluding carboxylic acids is 2. The number of carbonyl (C=O) groups is 2. The molecule has 0 spiro atoms. The van der Waals surface area contributed by atoms with Gasteiger partial charge in [0.2, 0.25) is 0 Å². The molecule has 2 heterocycles. The first-order valence-electron chi connectivity index (χ1n) is 8.63. The van der Waals surface area contributed by atoms with Crippen molar-refractivity contribution >= 4 is 28.5 Å². The van der Waals surface area contributed by atoms with Crippen LogP contribution >= 0.6 is 0 Å². The van der Waals surface area contributed by atoms with Crippen molar-refractivity contribution < 1.29 is 14.3 Å². The van der Waals surface area contributed by atoms with E-state index in [1.807, 2.05) is 58.0 Å². The second kappa shape index (κ2) is 4.81. The Hall–Kier alpha value is -2.43. The molecule has 0 unspecified atom stereocenters. The molecule has 1 N–H and O–H groups in total. The smallest absolute Gasteiger partial charge is 0.313 e. The number of hydrogen-bond acceptors (Lipinski definition) is 4. The van der Waals surface area contributed by atoms with Crippen LogP contribution in [0.25, 0.3) is 10.9 Å². The number of pyridine rings is 1. The van der Waals surface area contributed by atoms with E-state index in [2.05, 4.69) is 10.3 Å². The molecule has 2 aromatic rings. The number of benzene rings is 1. The number of ether oxygens (including phenoxy) is 1. The summed E-state index contributed by atoms with van der Waals surface area (Å²) in [6, 6.07) is 9.61. The summed E-state index contributed by atoms with van der Waals surface area (Å²) < 4.78 is 5.66. The molecule has 2 atom stereocenters. The lowest BCUT2D eigenvalue weighted by molar-refractivity contribution is -0.165. The van der Waals surface area contributed by atoms with Gasteiger partial charge < -0.3 is 10.1 Å². The second-order valence-corrected chi connectivity index (χ2v) is 7.96. The summed E-state index contributed by atoms with van der Waals surface area (Å²) in [4.78, 5) is 30.1. The quantitative estimate of drug-likeness (QED) is 0.850. The van der Waals surface area contributed by atoms with Crippen LogP contribution in [0, 0.1) is 17.8 Å². The first-order chi connectivity index (χ1) is 11.7. The van der Waals surface area contributed by atoms with Gasteiger partial charge >= 0.3 is 5.97 Å². The molecule has 130 valence electrons. The number of nitrogens with one attached hydrogen (secondary N) is 1. The fourth-order valence-electron chi connectivity index (χ4n) is 4.32. The number of rotatable bonds is 2. The third kappa shape index (κ3) is 1.86. The fraction of sp³-hybridized carbons (Fsp3) is 0.450. The Morgan fingerprint density at radius 3 is 2.56 bits per heavy atom. The van der Waals surface area contributed by atoms with Crippen LogP contribution in [0.4, 0.5) is 5.69 Å². The third-order valence-electron chi connectivity index (χ3n) is 6.56. The number of hydrogen-bond donors (Lipinski definition) is 1. The molecule has 4 rings (SSSR count). The van der Waals surface area contributed by atoms with Crippen LogP contribution < -0.4 is 5.32 Å². The summed E-state index contributed by atoms with van der Waals surface area (Å²) in [5.74, 6) is -0.534. The topological polar surface area (TPSA) is 68.3 Å². The number of esters is 1. The lowest BCUT2D eigenvalue weighted by Crippen LogP contribution is -2.50. The van der Waals surface area contributed by atoms with Crippen molar-refractivity contribution in [3.05, 3.63) is 36.0 Å². The van der Waals surface area contributed by atoms with Gasteiger partial charge in [-0.05, 0) is 38.8 Å². The number of amides is 1. The average molecular weight is 338 g/mol. The zero-order valence-electron chi connectivity index (χ0n) is 15.0. The summed E-state index contributed by atoms with van der Waals surface area (Å²) in [5, 5.41) is 3.95. The van der Waals surface area contributed by atoms with Crippen LogP contribution in [0.3, 0.4) is 0 Å². The van der Waals surface area contributed by atoms with Crippen molar-refractivity contribution in [3.8, 4) is 0 Å². The molecule has 1 aliphatic carbocycles. The first-order valence-corrected chi connectivity index (χ1v) is 8.63. The molecule has 1 aromatic heterocycles. The Kier molecular flexibility index (Phi) is 3.09. The van der Waals surface area contributed by atoms with E-state index >= 15 is 0 Å². The van der Waals surface area contributed by atoms with Gasteiger partial charge in [-0.2, -0.15) is 0 Å². The van der Waals surface area contributed by atoms with Crippen molar-refractivity contribution in [1.29, 1.82) is 0 Å². The van der Waals surface area contributed by atoms with Crippen LogP contribution in [-0.4, -0.2) is 22.5 Å². The molecule has 5 heteroatoms. The van der Waals surface area contributed by atoms with Gasteiger partial charge in [0.05, 0.1) is 16.6 Å². The molecule has 5 nitrogen and oxygen atoms in total. The minimum atomic E-state index is -1.12. The van der Waals surface area contributed by atoms with Gasteiger partial charge in [0.1, 0.15) is 0 Å². The molecule has 2 fully saturated rings. The number of aryl methyl sites for hydroxylation is 1. The Bertz CT molecular complexity index is 920. The molecule has 1 saturated heterocycles. The van der Waals surface area contributed by atoms with Gasteiger partial charge in [-0.15, -0.1) is 0 Å². The molecular formula is C20H22N2O3. The van der Waals surface area contributed by atoms with E-state index in [9.17, 15) is 9.59 Å². The number of aromatic nitrogens is 1. The second-order valence-electron chi connectivity index (χ2n) is 7.96. The van der Waals surface area contributed by atoms with E-state index < -0.39 is 16.4 Å². The van der Waals surface area contributed by atoms with E-state index in [0.29, 0.717) is 18.5 Å². The van der Waals surface area contributed by atoms with Crippen molar-refractivity contribution in [2.75, 3.05) is 5.32 Å². The van der Waals surface area contributed by atoms with Crippen molar-refractivity contribution in [3.63, 3.8) is 0 Å². The summed E-state index contributed by atoms with van der Waals surface area (Å²) in [5.41, 5.74) is -0.0193. The van der Waals surface area contributed by atoms with Crippen molar-refractivity contribution in [1.82, 2.24) is 4.98 Å². The normalized spacial score (nSPS) is 29.7. The molecule has 1 saturated carbocycles. The van der Waals surface area contributed by atoms with Gasteiger partial charge in [0.15, 0.2) is 5.60 Å². The molecule has 0 radical (unpaired) electrons. The third-order valence-corrected chi connectivity index (χ3v) is 6.56. The highest BCUT2D eigenvalue weighted by Crippen LogP contribution is 2.65. The number of anilines is 1. The van der Waals surface area contributed by atoms with E-state index in [1.54, 1.807) is 0 Å². The number of nitrogens with zero attached hydrogens (tertiary/aromatic N) is 1. The minimum Gasteiger partial charge on any atom is -0.448 e.